The van der Waals surface area contributed by atoms with E-state index in [1.165, 1.54) is 11.5 Å². The van der Waals surface area contributed by atoms with E-state index >= 15 is 0 Å². The third kappa shape index (κ3) is 4.30. The molecule has 2 heterocycles. The summed E-state index contributed by atoms with van der Waals surface area (Å²) in [5, 5.41) is 2.70. The van der Waals surface area contributed by atoms with E-state index in [-0.39, 0.29) is 11.3 Å². The number of fused-ring (bicyclic) bond motifs is 1. The van der Waals surface area contributed by atoms with Crippen molar-refractivity contribution in [3.63, 3.8) is 0 Å². The largest absolute Gasteiger partial charge is 0.486 e. The van der Waals surface area contributed by atoms with Gasteiger partial charge >= 0.3 is 11.7 Å². The van der Waals surface area contributed by atoms with E-state index in [1.54, 1.807) is 55.6 Å². The van der Waals surface area contributed by atoms with Crippen molar-refractivity contribution in [1.29, 1.82) is 0 Å². The Morgan fingerprint density at radius 3 is 2.48 bits per heavy atom. The smallest absolute Gasteiger partial charge is 0.338 e. The second-order valence-electron chi connectivity index (χ2n) is 7.01. The summed E-state index contributed by atoms with van der Waals surface area (Å²) >= 11 is 0. The molecule has 9 nitrogen and oxygen atoms in total. The number of ether oxygens (including phenoxy) is 3. The van der Waals surface area contributed by atoms with Crippen LogP contribution in [-0.4, -0.2) is 40.7 Å². The van der Waals surface area contributed by atoms with Gasteiger partial charge in [-0.2, -0.15) is 0 Å². The van der Waals surface area contributed by atoms with E-state index in [0.29, 0.717) is 36.1 Å². The van der Waals surface area contributed by atoms with E-state index < -0.39 is 18.0 Å². The number of imidazole rings is 1. The highest BCUT2D eigenvalue weighted by molar-refractivity contribution is 5.97. The fourth-order valence-corrected chi connectivity index (χ4v) is 3.17. The molecular weight excluding hydrogens is 402 g/mol. The number of H-pyrrole nitrogens is 1. The van der Waals surface area contributed by atoms with Crippen LogP contribution in [0, 0.1) is 6.92 Å². The van der Waals surface area contributed by atoms with Gasteiger partial charge in [0, 0.05) is 23.6 Å². The zero-order chi connectivity index (χ0) is 22.0. The van der Waals surface area contributed by atoms with Gasteiger partial charge in [-0.1, -0.05) is 0 Å². The van der Waals surface area contributed by atoms with Crippen LogP contribution in [0.15, 0.2) is 53.5 Å². The lowest BCUT2D eigenvalue weighted by atomic mass is 10.2. The van der Waals surface area contributed by atoms with Gasteiger partial charge in [0.25, 0.3) is 5.91 Å². The standard InChI is InChI=1S/C22H21N3O6/c1-13-12-23-22(28)25(13)17-6-3-15(4-7-17)21(27)31-14(2)20(26)24-16-5-8-18-19(11-16)30-10-9-29-18/h3-8,11-12,14H,9-10H2,1-2H3,(H,23,28)(H,24,26). The number of nitrogens with zero attached hydrogens (tertiary/aromatic N) is 1. The summed E-state index contributed by atoms with van der Waals surface area (Å²) in [6.07, 6.45) is 0.585. The number of carbonyl (C=O) groups excluding carboxylic acids is 2. The summed E-state index contributed by atoms with van der Waals surface area (Å²) in [6, 6.07) is 11.4. The van der Waals surface area contributed by atoms with E-state index in [1.807, 2.05) is 0 Å². The Morgan fingerprint density at radius 2 is 1.81 bits per heavy atom. The molecule has 1 atom stereocenters. The van der Waals surface area contributed by atoms with Crippen molar-refractivity contribution < 1.29 is 23.8 Å². The second-order valence-corrected chi connectivity index (χ2v) is 7.01. The van der Waals surface area contributed by atoms with Gasteiger partial charge in [0.2, 0.25) is 0 Å². The molecule has 31 heavy (non-hydrogen) atoms. The Kier molecular flexibility index (Phi) is 5.48. The highest BCUT2D eigenvalue weighted by Crippen LogP contribution is 2.32. The van der Waals surface area contributed by atoms with Crippen LogP contribution in [-0.2, 0) is 9.53 Å². The van der Waals surface area contributed by atoms with Crippen molar-refractivity contribution in [2.45, 2.75) is 20.0 Å². The number of aromatic nitrogens is 2. The Bertz CT molecular complexity index is 1180. The first-order chi connectivity index (χ1) is 14.9. The number of benzene rings is 2. The summed E-state index contributed by atoms with van der Waals surface area (Å²) < 4.78 is 17.7. The Hall–Kier alpha value is -4.01. The lowest BCUT2D eigenvalue weighted by Gasteiger charge is -2.19. The molecule has 0 fully saturated rings. The predicted octanol–water partition coefficient (Wildman–Crippen LogP) is 2.43. The summed E-state index contributed by atoms with van der Waals surface area (Å²) in [7, 11) is 0. The van der Waals surface area contributed by atoms with Crippen LogP contribution in [0.4, 0.5) is 5.69 Å². The third-order valence-electron chi connectivity index (χ3n) is 4.78. The number of aromatic amines is 1. The van der Waals surface area contributed by atoms with Crippen LogP contribution >= 0.6 is 0 Å². The van der Waals surface area contributed by atoms with Crippen molar-refractivity contribution in [3.8, 4) is 17.2 Å². The normalized spacial score (nSPS) is 13.4. The van der Waals surface area contributed by atoms with Gasteiger partial charge in [0.15, 0.2) is 17.6 Å². The minimum absolute atomic E-state index is 0.266. The van der Waals surface area contributed by atoms with Crippen LogP contribution in [0.2, 0.25) is 0 Å². The summed E-state index contributed by atoms with van der Waals surface area (Å²) in [4.78, 5) is 39.3. The highest BCUT2D eigenvalue weighted by atomic mass is 16.6. The van der Waals surface area contributed by atoms with Gasteiger partial charge < -0.3 is 24.5 Å². The Balaban J connectivity index is 1.39. The van der Waals surface area contributed by atoms with E-state index in [0.717, 1.165) is 5.69 Å². The van der Waals surface area contributed by atoms with Crippen molar-refractivity contribution in [2.75, 3.05) is 18.5 Å². The van der Waals surface area contributed by atoms with E-state index in [2.05, 4.69) is 10.3 Å². The maximum atomic E-state index is 12.4. The molecule has 0 saturated heterocycles. The Labute approximate surface area is 177 Å². The van der Waals surface area contributed by atoms with Gasteiger partial charge in [-0.05, 0) is 50.2 Å². The monoisotopic (exact) mass is 423 g/mol. The molecule has 4 rings (SSSR count). The van der Waals surface area contributed by atoms with Gasteiger partial charge in [-0.15, -0.1) is 0 Å². The molecular formula is C22H21N3O6. The number of anilines is 1. The zero-order valence-corrected chi connectivity index (χ0v) is 17.0. The van der Waals surface area contributed by atoms with Crippen LogP contribution in [0.25, 0.3) is 5.69 Å². The maximum absolute atomic E-state index is 12.4. The molecule has 2 aromatic carbocycles. The first-order valence-corrected chi connectivity index (χ1v) is 9.71. The zero-order valence-electron chi connectivity index (χ0n) is 17.0. The minimum Gasteiger partial charge on any atom is -0.486 e. The SMILES string of the molecule is Cc1c[nH]c(=O)n1-c1ccc(C(=O)OC(C)C(=O)Nc2ccc3c(c2)OCCO3)cc1. The molecule has 0 bridgehead atoms. The molecule has 160 valence electrons. The van der Waals surface area contributed by atoms with E-state index in [4.69, 9.17) is 14.2 Å². The summed E-state index contributed by atoms with van der Waals surface area (Å²) in [6.45, 7) is 4.20. The summed E-state index contributed by atoms with van der Waals surface area (Å²) in [5.74, 6) is 0.0421. The fourth-order valence-electron chi connectivity index (χ4n) is 3.17. The second kappa shape index (κ2) is 8.39. The molecule has 9 heteroatoms. The highest BCUT2D eigenvalue weighted by Gasteiger charge is 2.20. The number of rotatable bonds is 5. The van der Waals surface area contributed by atoms with E-state index in [9.17, 15) is 14.4 Å². The average molecular weight is 423 g/mol. The number of carbonyl (C=O) groups is 2. The van der Waals surface area contributed by atoms with Crippen molar-refractivity contribution in [1.82, 2.24) is 9.55 Å². The number of aryl methyl sites for hydroxylation is 1. The van der Waals surface area contributed by atoms with Crippen LogP contribution < -0.4 is 20.5 Å². The number of nitrogens with one attached hydrogen (secondary N) is 2. The number of hydrogen-bond acceptors (Lipinski definition) is 6. The quantitative estimate of drug-likeness (QED) is 0.610. The first kappa shape index (κ1) is 20.3. The molecule has 3 aromatic rings. The maximum Gasteiger partial charge on any atom is 0.338 e. The van der Waals surface area contributed by atoms with Crippen LogP contribution in [0.1, 0.15) is 23.0 Å². The molecule has 1 amide bonds. The molecule has 1 aromatic heterocycles. The van der Waals surface area contributed by atoms with Gasteiger partial charge in [0.05, 0.1) is 11.3 Å². The number of amides is 1. The van der Waals surface area contributed by atoms with Crippen molar-refractivity contribution >= 4 is 17.6 Å². The lowest BCUT2D eigenvalue weighted by molar-refractivity contribution is -0.123. The topological polar surface area (TPSA) is 112 Å². The lowest BCUT2D eigenvalue weighted by Crippen LogP contribution is -2.30. The average Bonchev–Trinajstić information content (AvgIpc) is 3.11. The minimum atomic E-state index is -1.02. The van der Waals surface area contributed by atoms with Crippen molar-refractivity contribution in [2.24, 2.45) is 0 Å². The molecule has 0 spiro atoms. The van der Waals surface area contributed by atoms with Gasteiger partial charge in [-0.3, -0.25) is 9.36 Å². The first-order valence-electron chi connectivity index (χ1n) is 9.71. The predicted molar refractivity (Wildman–Crippen MR) is 112 cm³/mol. The Morgan fingerprint density at radius 1 is 1.10 bits per heavy atom. The fraction of sp³-hybridized carbons (Fsp3) is 0.227. The van der Waals surface area contributed by atoms with Crippen LogP contribution in [0.5, 0.6) is 11.5 Å². The summed E-state index contributed by atoms with van der Waals surface area (Å²) in [5.41, 5.74) is 1.87. The van der Waals surface area contributed by atoms with Gasteiger partial charge in [-0.25, -0.2) is 9.59 Å². The molecule has 0 saturated carbocycles. The van der Waals surface area contributed by atoms with Crippen molar-refractivity contribution in [3.05, 3.63) is 70.4 Å². The molecule has 1 aliphatic rings. The molecule has 1 aliphatic heterocycles. The molecule has 2 N–H and O–H groups in total. The van der Waals surface area contributed by atoms with Gasteiger partial charge in [0.1, 0.15) is 13.2 Å². The number of hydrogen-bond donors (Lipinski definition) is 2. The van der Waals surface area contributed by atoms with Crippen LogP contribution in [0.3, 0.4) is 0 Å². The molecule has 0 radical (unpaired) electrons. The molecule has 0 aliphatic carbocycles. The number of esters is 1. The third-order valence-corrected chi connectivity index (χ3v) is 4.78. The molecule has 1 unspecified atom stereocenters.